The minimum atomic E-state index is -3.82. The summed E-state index contributed by atoms with van der Waals surface area (Å²) in [5.41, 5.74) is 1.25. The Labute approximate surface area is 204 Å². The van der Waals surface area contributed by atoms with Crippen LogP contribution in [0.1, 0.15) is 31.2 Å². The first kappa shape index (κ1) is 23.7. The van der Waals surface area contributed by atoms with Crippen molar-refractivity contribution in [1.82, 2.24) is 18.7 Å². The fourth-order valence-electron chi connectivity index (χ4n) is 4.64. The lowest BCUT2D eigenvalue weighted by molar-refractivity contribution is 0.316. The summed E-state index contributed by atoms with van der Waals surface area (Å²) >= 11 is 0. The van der Waals surface area contributed by atoms with E-state index in [0.717, 1.165) is 9.54 Å². The average Bonchev–Trinajstić information content (AvgIpc) is 3.44. The summed E-state index contributed by atoms with van der Waals surface area (Å²) in [6.07, 6.45) is 4.86. The summed E-state index contributed by atoms with van der Waals surface area (Å²) in [5, 5.41) is 8.92. The largest absolute Gasteiger partial charge is 0.356 e. The molecule has 2 heterocycles. The van der Waals surface area contributed by atoms with Crippen molar-refractivity contribution in [3.63, 3.8) is 0 Å². The molecule has 2 atom stereocenters. The zero-order valence-electron chi connectivity index (χ0n) is 19.4. The molecule has 2 aliphatic carbocycles. The molecule has 2 fully saturated rings. The monoisotopic (exact) mass is 514 g/mol. The quantitative estimate of drug-likeness (QED) is 0.483. The van der Waals surface area contributed by atoms with E-state index in [9.17, 15) is 16.8 Å². The summed E-state index contributed by atoms with van der Waals surface area (Å²) in [7, 11) is -5.38. The van der Waals surface area contributed by atoms with Crippen molar-refractivity contribution in [3.8, 4) is 6.07 Å². The number of aromatic nitrogens is 3. The molecule has 35 heavy (non-hydrogen) atoms. The lowest BCUT2D eigenvalue weighted by atomic mass is 9.86. The minimum Gasteiger partial charge on any atom is -0.356 e. The van der Waals surface area contributed by atoms with E-state index in [1.165, 1.54) is 12.5 Å². The summed E-state index contributed by atoms with van der Waals surface area (Å²) in [6.45, 7) is 1.89. The predicted molar refractivity (Wildman–Crippen MR) is 131 cm³/mol. The molecule has 2 unspecified atom stereocenters. The van der Waals surface area contributed by atoms with Gasteiger partial charge in [0.1, 0.15) is 12.1 Å². The van der Waals surface area contributed by atoms with Crippen LogP contribution < -0.4 is 9.62 Å². The lowest BCUT2D eigenvalue weighted by Crippen LogP contribution is -2.53. The van der Waals surface area contributed by atoms with Crippen molar-refractivity contribution in [2.24, 2.45) is 5.92 Å². The maximum Gasteiger partial charge on any atom is 0.269 e. The Bertz CT molecular complexity index is 1520. The third-order valence-corrected chi connectivity index (χ3v) is 10.7. The first-order chi connectivity index (χ1) is 16.6. The van der Waals surface area contributed by atoms with E-state index in [0.29, 0.717) is 30.5 Å². The van der Waals surface area contributed by atoms with Gasteiger partial charge in [0.25, 0.3) is 10.0 Å². The highest BCUT2D eigenvalue weighted by Gasteiger charge is 2.48. The van der Waals surface area contributed by atoms with Gasteiger partial charge in [-0.1, -0.05) is 17.7 Å². The molecule has 0 saturated heterocycles. The van der Waals surface area contributed by atoms with Crippen LogP contribution in [-0.2, 0) is 20.0 Å². The maximum absolute atomic E-state index is 13.2. The standard InChI is InChI=1S/C23H26N6O4S2/c1-15-3-5-19(6-4-15)35(32,33)29-10-8-20-22(25-14-26-23(20)29)28(2)18-12-17(13-18)27-34(30,31)21-11-16(21)7-9-24/h3-6,8,10,14,16-18,21,27H,7,11-13H2,1-2H3. The molecule has 184 valence electrons. The molecule has 1 aromatic carbocycles. The second-order valence-corrected chi connectivity index (χ2v) is 13.1. The molecular formula is C23H26N6O4S2. The number of hydrogen-bond acceptors (Lipinski definition) is 8. The van der Waals surface area contributed by atoms with Gasteiger partial charge >= 0.3 is 0 Å². The number of rotatable bonds is 8. The van der Waals surface area contributed by atoms with Crippen molar-refractivity contribution in [3.05, 3.63) is 48.4 Å². The van der Waals surface area contributed by atoms with Gasteiger partial charge in [-0.05, 0) is 50.3 Å². The summed E-state index contributed by atoms with van der Waals surface area (Å²) in [4.78, 5) is 10.8. The van der Waals surface area contributed by atoms with Crippen molar-refractivity contribution < 1.29 is 16.8 Å². The number of nitrogens with zero attached hydrogens (tertiary/aromatic N) is 5. The van der Waals surface area contributed by atoms with Crippen LogP contribution in [0.15, 0.2) is 47.8 Å². The Morgan fingerprint density at radius 1 is 1.11 bits per heavy atom. The molecule has 2 aromatic heterocycles. The van der Waals surface area contributed by atoms with Crippen LogP contribution >= 0.6 is 0 Å². The smallest absolute Gasteiger partial charge is 0.269 e. The van der Waals surface area contributed by atoms with Gasteiger partial charge in [-0.3, -0.25) is 0 Å². The number of sulfonamides is 1. The molecule has 0 amide bonds. The van der Waals surface area contributed by atoms with Crippen molar-refractivity contribution in [2.75, 3.05) is 11.9 Å². The molecular weight excluding hydrogens is 488 g/mol. The second kappa shape index (κ2) is 8.58. The Hall–Kier alpha value is -3.01. The molecule has 2 aliphatic rings. The van der Waals surface area contributed by atoms with E-state index in [1.54, 1.807) is 30.3 Å². The van der Waals surface area contributed by atoms with E-state index in [4.69, 9.17) is 5.26 Å². The Balaban J connectivity index is 1.31. The highest BCUT2D eigenvalue weighted by atomic mass is 32.2. The number of anilines is 1. The molecule has 2 saturated carbocycles. The third-order valence-electron chi connectivity index (χ3n) is 6.94. The number of benzene rings is 1. The lowest BCUT2D eigenvalue weighted by Gasteiger charge is -2.42. The zero-order chi connectivity index (χ0) is 25.0. The van der Waals surface area contributed by atoms with E-state index < -0.39 is 25.3 Å². The molecule has 10 nitrogen and oxygen atoms in total. The molecule has 0 radical (unpaired) electrons. The number of nitrogens with one attached hydrogen (secondary N) is 1. The first-order valence-corrected chi connectivity index (χ1v) is 14.4. The van der Waals surface area contributed by atoms with Gasteiger partial charge in [-0.15, -0.1) is 0 Å². The number of fused-ring (bicyclic) bond motifs is 1. The van der Waals surface area contributed by atoms with E-state index >= 15 is 0 Å². The van der Waals surface area contributed by atoms with Crippen LogP contribution in [0.3, 0.4) is 0 Å². The number of nitriles is 1. The van der Waals surface area contributed by atoms with Gasteiger partial charge in [0.15, 0.2) is 5.65 Å². The second-order valence-electron chi connectivity index (χ2n) is 9.36. The average molecular weight is 515 g/mol. The zero-order valence-corrected chi connectivity index (χ0v) is 21.0. The van der Waals surface area contributed by atoms with Crippen LogP contribution in [0.2, 0.25) is 0 Å². The highest BCUT2D eigenvalue weighted by molar-refractivity contribution is 7.90. The van der Waals surface area contributed by atoms with E-state index in [1.807, 2.05) is 24.9 Å². The minimum absolute atomic E-state index is 0.0481. The molecule has 3 aromatic rings. The SMILES string of the molecule is Cc1ccc(S(=O)(=O)n2ccc3c(N(C)C4CC(NS(=O)(=O)C5CC5CC#N)C4)ncnc32)cc1. The Kier molecular flexibility index (Phi) is 5.82. The van der Waals surface area contributed by atoms with Crippen molar-refractivity contribution in [1.29, 1.82) is 5.26 Å². The van der Waals surface area contributed by atoms with Gasteiger partial charge in [0, 0.05) is 31.7 Å². The molecule has 0 bridgehead atoms. The van der Waals surface area contributed by atoms with Crippen LogP contribution in [0.25, 0.3) is 11.0 Å². The fourth-order valence-corrected chi connectivity index (χ4v) is 7.88. The van der Waals surface area contributed by atoms with Crippen molar-refractivity contribution >= 4 is 36.9 Å². The normalized spacial score (nSPS) is 24.0. The van der Waals surface area contributed by atoms with Gasteiger partial charge < -0.3 is 4.90 Å². The van der Waals surface area contributed by atoms with Gasteiger partial charge in [-0.2, -0.15) is 5.26 Å². The summed E-state index contributed by atoms with van der Waals surface area (Å²) in [6, 6.07) is 10.3. The first-order valence-electron chi connectivity index (χ1n) is 11.4. The van der Waals surface area contributed by atoms with Crippen LogP contribution in [-0.4, -0.2) is 55.2 Å². The highest BCUT2D eigenvalue weighted by Crippen LogP contribution is 2.40. The summed E-state index contributed by atoms with van der Waals surface area (Å²) < 4.78 is 55.4. The number of aryl methyl sites for hydroxylation is 1. The van der Waals surface area contributed by atoms with Crippen LogP contribution in [0.4, 0.5) is 5.82 Å². The van der Waals surface area contributed by atoms with Gasteiger partial charge in [0.2, 0.25) is 10.0 Å². The Morgan fingerprint density at radius 2 is 1.83 bits per heavy atom. The molecule has 0 spiro atoms. The third kappa shape index (κ3) is 4.28. The number of hydrogen-bond donors (Lipinski definition) is 1. The predicted octanol–water partition coefficient (Wildman–Crippen LogP) is 2.17. The fraction of sp³-hybridized carbons (Fsp3) is 0.435. The van der Waals surface area contributed by atoms with E-state index in [2.05, 4.69) is 14.7 Å². The molecule has 1 N–H and O–H groups in total. The van der Waals surface area contributed by atoms with E-state index in [-0.39, 0.29) is 35.0 Å². The maximum atomic E-state index is 13.2. The topological polar surface area (TPSA) is 138 Å². The summed E-state index contributed by atoms with van der Waals surface area (Å²) in [5.74, 6) is 0.529. The Morgan fingerprint density at radius 3 is 2.51 bits per heavy atom. The van der Waals surface area contributed by atoms with Gasteiger partial charge in [-0.25, -0.2) is 35.5 Å². The molecule has 5 rings (SSSR count). The van der Waals surface area contributed by atoms with Crippen LogP contribution in [0, 0.1) is 24.2 Å². The molecule has 0 aliphatic heterocycles. The van der Waals surface area contributed by atoms with Crippen LogP contribution in [0.5, 0.6) is 0 Å². The van der Waals surface area contributed by atoms with Crippen molar-refractivity contribution in [2.45, 2.75) is 54.8 Å². The molecule has 12 heteroatoms. The van der Waals surface area contributed by atoms with Gasteiger partial charge in [0.05, 0.1) is 21.6 Å².